The first-order valence-electron chi connectivity index (χ1n) is 8.69. The number of hydrogen-bond acceptors (Lipinski definition) is 5. The molecule has 2 rings (SSSR count). The van der Waals surface area contributed by atoms with Crippen molar-refractivity contribution >= 4 is 29.4 Å². The van der Waals surface area contributed by atoms with E-state index in [-0.39, 0.29) is 29.9 Å². The third-order valence-electron chi connectivity index (χ3n) is 3.83. The number of amides is 1. The Bertz CT molecular complexity index is 922. The van der Waals surface area contributed by atoms with Gasteiger partial charge in [-0.25, -0.2) is 9.59 Å². The molecule has 1 amide bonds. The lowest BCUT2D eigenvalue weighted by molar-refractivity contribution is -0.385. The van der Waals surface area contributed by atoms with E-state index in [2.05, 4.69) is 0 Å². The molecule has 1 N–H and O–H groups in total. The van der Waals surface area contributed by atoms with Gasteiger partial charge in [0.15, 0.2) is 0 Å². The zero-order valence-electron chi connectivity index (χ0n) is 16.2. The zero-order chi connectivity index (χ0) is 21.8. The van der Waals surface area contributed by atoms with E-state index in [9.17, 15) is 19.7 Å². The molecular formula is C20H21ClN2O6. The maximum Gasteiger partial charge on any atom is 0.410 e. The monoisotopic (exact) mass is 420 g/mol. The second-order valence-electron chi connectivity index (χ2n) is 7.37. The number of nitro benzene ring substituents is 1. The van der Waals surface area contributed by atoms with Crippen LogP contribution in [0.3, 0.4) is 0 Å². The Hall–Kier alpha value is -3.13. The minimum Gasteiger partial charge on any atom is -0.478 e. The van der Waals surface area contributed by atoms with E-state index in [1.54, 1.807) is 45.0 Å². The lowest BCUT2D eigenvalue weighted by Gasteiger charge is -2.27. The van der Waals surface area contributed by atoms with Crippen LogP contribution in [-0.4, -0.2) is 32.6 Å². The Labute approximate surface area is 172 Å². The summed E-state index contributed by atoms with van der Waals surface area (Å²) < 4.78 is 5.43. The van der Waals surface area contributed by atoms with Gasteiger partial charge in [0.1, 0.15) is 5.60 Å². The standard InChI is InChI=1S/C20H21ClN2O6/c1-20(2,3)29-19(26)22(11-13-4-8-16(21)9-5-13)12-15-7-6-14(18(24)25)10-17(15)23(27)28/h4-10H,11-12H2,1-3H3,(H,24,25). The Kier molecular flexibility index (Phi) is 6.81. The summed E-state index contributed by atoms with van der Waals surface area (Å²) in [6.45, 7) is 5.15. The molecule has 0 aliphatic carbocycles. The summed E-state index contributed by atoms with van der Waals surface area (Å²) in [5.74, 6) is -1.27. The Balaban J connectivity index is 2.38. The molecule has 0 aliphatic rings. The molecule has 8 nitrogen and oxygen atoms in total. The van der Waals surface area contributed by atoms with Crippen LogP contribution >= 0.6 is 11.6 Å². The highest BCUT2D eigenvalue weighted by Gasteiger charge is 2.26. The van der Waals surface area contributed by atoms with Gasteiger partial charge in [-0.2, -0.15) is 0 Å². The van der Waals surface area contributed by atoms with Gasteiger partial charge in [-0.05, 0) is 50.6 Å². The summed E-state index contributed by atoms with van der Waals surface area (Å²) in [7, 11) is 0. The molecule has 0 fully saturated rings. The molecule has 0 atom stereocenters. The predicted molar refractivity (Wildman–Crippen MR) is 107 cm³/mol. The molecule has 2 aromatic carbocycles. The average Bonchev–Trinajstić information content (AvgIpc) is 2.61. The summed E-state index contributed by atoms with van der Waals surface area (Å²) in [4.78, 5) is 35.9. The van der Waals surface area contributed by atoms with Gasteiger partial charge in [0, 0.05) is 23.2 Å². The zero-order valence-corrected chi connectivity index (χ0v) is 17.0. The quantitative estimate of drug-likeness (QED) is 0.526. The number of carbonyl (C=O) groups excluding carboxylic acids is 1. The fourth-order valence-electron chi connectivity index (χ4n) is 2.53. The van der Waals surface area contributed by atoms with Crippen LogP contribution in [0.15, 0.2) is 42.5 Å². The normalized spacial score (nSPS) is 11.0. The van der Waals surface area contributed by atoms with E-state index in [4.69, 9.17) is 21.4 Å². The highest BCUT2D eigenvalue weighted by Crippen LogP contribution is 2.24. The highest BCUT2D eigenvalue weighted by molar-refractivity contribution is 6.30. The van der Waals surface area contributed by atoms with Crippen molar-refractivity contribution in [3.05, 3.63) is 74.3 Å². The molecule has 0 aliphatic heterocycles. The van der Waals surface area contributed by atoms with Gasteiger partial charge in [-0.15, -0.1) is 0 Å². The maximum atomic E-state index is 12.7. The molecule has 0 saturated carbocycles. The van der Waals surface area contributed by atoms with Crippen molar-refractivity contribution in [3.8, 4) is 0 Å². The number of carboxylic acids is 1. The lowest BCUT2D eigenvalue weighted by Crippen LogP contribution is -2.36. The molecule has 0 spiro atoms. The van der Waals surface area contributed by atoms with Crippen LogP contribution in [-0.2, 0) is 17.8 Å². The van der Waals surface area contributed by atoms with E-state index in [0.717, 1.165) is 11.6 Å². The summed E-state index contributed by atoms with van der Waals surface area (Å²) in [6, 6.07) is 10.4. The number of rotatable bonds is 6. The van der Waals surface area contributed by atoms with Crippen LogP contribution in [0.2, 0.25) is 5.02 Å². The second-order valence-corrected chi connectivity index (χ2v) is 7.81. The number of aromatic carboxylic acids is 1. The van der Waals surface area contributed by atoms with E-state index in [1.807, 2.05) is 0 Å². The highest BCUT2D eigenvalue weighted by atomic mass is 35.5. The van der Waals surface area contributed by atoms with Crippen LogP contribution in [0.1, 0.15) is 42.3 Å². The molecule has 29 heavy (non-hydrogen) atoms. The van der Waals surface area contributed by atoms with Gasteiger partial charge in [0.25, 0.3) is 5.69 Å². The van der Waals surface area contributed by atoms with E-state index >= 15 is 0 Å². The third-order valence-corrected chi connectivity index (χ3v) is 4.08. The van der Waals surface area contributed by atoms with Gasteiger partial charge >= 0.3 is 12.1 Å². The topological polar surface area (TPSA) is 110 Å². The molecule has 0 unspecified atom stereocenters. The van der Waals surface area contributed by atoms with Crippen LogP contribution in [0, 0.1) is 10.1 Å². The molecule has 0 heterocycles. The van der Waals surface area contributed by atoms with Crippen molar-refractivity contribution < 1.29 is 24.4 Å². The van der Waals surface area contributed by atoms with Gasteiger partial charge in [0.05, 0.1) is 17.0 Å². The number of ether oxygens (including phenoxy) is 1. The van der Waals surface area contributed by atoms with Crippen LogP contribution in [0.25, 0.3) is 0 Å². The Morgan fingerprint density at radius 1 is 1.14 bits per heavy atom. The van der Waals surface area contributed by atoms with Crippen molar-refractivity contribution in [2.75, 3.05) is 0 Å². The summed E-state index contributed by atoms with van der Waals surface area (Å²) in [6.07, 6.45) is -0.649. The van der Waals surface area contributed by atoms with Crippen LogP contribution in [0.5, 0.6) is 0 Å². The van der Waals surface area contributed by atoms with Crippen molar-refractivity contribution in [1.82, 2.24) is 4.90 Å². The summed E-state index contributed by atoms with van der Waals surface area (Å²) in [5, 5.41) is 21.1. The minimum atomic E-state index is -1.27. The Morgan fingerprint density at radius 3 is 2.28 bits per heavy atom. The molecule has 9 heteroatoms. The van der Waals surface area contributed by atoms with Crippen molar-refractivity contribution in [1.29, 1.82) is 0 Å². The fraction of sp³-hybridized carbons (Fsp3) is 0.300. The maximum absolute atomic E-state index is 12.7. The van der Waals surface area contributed by atoms with Crippen molar-refractivity contribution in [3.63, 3.8) is 0 Å². The number of hydrogen-bond donors (Lipinski definition) is 1. The van der Waals surface area contributed by atoms with E-state index in [0.29, 0.717) is 5.02 Å². The van der Waals surface area contributed by atoms with Gasteiger partial charge in [-0.3, -0.25) is 15.0 Å². The first-order valence-corrected chi connectivity index (χ1v) is 9.07. The van der Waals surface area contributed by atoms with Crippen LogP contribution in [0.4, 0.5) is 10.5 Å². The van der Waals surface area contributed by atoms with Gasteiger partial charge in [0.2, 0.25) is 0 Å². The average molecular weight is 421 g/mol. The van der Waals surface area contributed by atoms with Gasteiger partial charge in [-0.1, -0.05) is 23.7 Å². The largest absolute Gasteiger partial charge is 0.478 e. The number of nitrogens with zero attached hydrogens (tertiary/aromatic N) is 2. The number of nitro groups is 1. The lowest BCUT2D eigenvalue weighted by atomic mass is 10.1. The molecule has 0 radical (unpaired) electrons. The van der Waals surface area contributed by atoms with Crippen molar-refractivity contribution in [2.45, 2.75) is 39.5 Å². The first-order chi connectivity index (χ1) is 13.5. The smallest absolute Gasteiger partial charge is 0.410 e. The third kappa shape index (κ3) is 6.46. The Morgan fingerprint density at radius 2 is 1.76 bits per heavy atom. The van der Waals surface area contributed by atoms with Crippen LogP contribution < -0.4 is 0 Å². The fourth-order valence-corrected chi connectivity index (χ4v) is 2.65. The molecule has 0 bridgehead atoms. The molecule has 2 aromatic rings. The number of benzene rings is 2. The molecule has 154 valence electrons. The van der Waals surface area contributed by atoms with E-state index in [1.165, 1.54) is 17.0 Å². The summed E-state index contributed by atoms with van der Waals surface area (Å²) >= 11 is 5.90. The summed E-state index contributed by atoms with van der Waals surface area (Å²) in [5.41, 5.74) is -0.393. The second kappa shape index (κ2) is 8.91. The number of carbonyl (C=O) groups is 2. The first kappa shape index (κ1) is 22.2. The van der Waals surface area contributed by atoms with Gasteiger partial charge < -0.3 is 9.84 Å². The minimum absolute atomic E-state index is 0.129. The number of carboxylic acid groups (broad SMARTS) is 1. The molecular weight excluding hydrogens is 400 g/mol. The number of halogens is 1. The predicted octanol–water partition coefficient (Wildman–Crippen LogP) is 4.88. The SMILES string of the molecule is CC(C)(C)OC(=O)N(Cc1ccc(Cl)cc1)Cc1ccc(C(=O)O)cc1[N+](=O)[O-]. The molecule has 0 aromatic heterocycles. The molecule has 0 saturated heterocycles. The van der Waals surface area contributed by atoms with Crippen molar-refractivity contribution in [2.24, 2.45) is 0 Å². The van der Waals surface area contributed by atoms with E-state index < -0.39 is 22.6 Å².